The zero-order valence-corrected chi connectivity index (χ0v) is 13.0. The summed E-state index contributed by atoms with van der Waals surface area (Å²) in [4.78, 5) is 10.1. The molecule has 0 saturated carbocycles. The van der Waals surface area contributed by atoms with E-state index in [4.69, 9.17) is 4.74 Å². The van der Waals surface area contributed by atoms with Gasteiger partial charge in [0.05, 0.1) is 19.2 Å². The second-order valence-corrected chi connectivity index (χ2v) is 5.39. The van der Waals surface area contributed by atoms with E-state index >= 15 is 0 Å². The fourth-order valence-corrected chi connectivity index (χ4v) is 3.41. The van der Waals surface area contributed by atoms with Gasteiger partial charge in [-0.15, -0.1) is 0 Å². The van der Waals surface area contributed by atoms with Crippen molar-refractivity contribution in [1.82, 2.24) is 0 Å². The SMILES string of the molecule is COc1c(I)cc(C=C(C)[N+](=O)[O-])cc1I. The van der Waals surface area contributed by atoms with Crippen LogP contribution in [0, 0.1) is 17.3 Å². The zero-order valence-electron chi connectivity index (χ0n) is 8.66. The number of hydrogen-bond acceptors (Lipinski definition) is 3. The Bertz CT molecular complexity index is 434. The topological polar surface area (TPSA) is 52.4 Å². The summed E-state index contributed by atoms with van der Waals surface area (Å²) in [5.41, 5.74) is 0.931. The van der Waals surface area contributed by atoms with Crippen LogP contribution in [0.25, 0.3) is 6.08 Å². The van der Waals surface area contributed by atoms with E-state index < -0.39 is 4.92 Å². The molecule has 0 amide bonds. The van der Waals surface area contributed by atoms with Gasteiger partial charge in [0, 0.05) is 13.0 Å². The molecule has 0 bridgehead atoms. The molecule has 0 saturated heterocycles. The van der Waals surface area contributed by atoms with Crippen LogP contribution in [0.15, 0.2) is 17.8 Å². The van der Waals surface area contributed by atoms with Crippen LogP contribution in [-0.4, -0.2) is 12.0 Å². The van der Waals surface area contributed by atoms with Gasteiger partial charge in [-0.2, -0.15) is 0 Å². The van der Waals surface area contributed by atoms with Gasteiger partial charge >= 0.3 is 0 Å². The summed E-state index contributed by atoms with van der Waals surface area (Å²) < 4.78 is 7.09. The first-order chi connectivity index (χ1) is 7.45. The molecular formula is C10H9I2NO3. The van der Waals surface area contributed by atoms with Crippen molar-refractivity contribution in [3.05, 3.63) is 40.6 Å². The Kier molecular flexibility index (Phi) is 4.96. The molecule has 0 N–H and O–H groups in total. The molecule has 0 heterocycles. The molecule has 0 aliphatic heterocycles. The quantitative estimate of drug-likeness (QED) is 0.407. The fourth-order valence-electron chi connectivity index (χ4n) is 1.15. The molecule has 16 heavy (non-hydrogen) atoms. The number of methoxy groups -OCH3 is 1. The lowest BCUT2D eigenvalue weighted by atomic mass is 10.2. The van der Waals surface area contributed by atoms with Crippen LogP contribution in [-0.2, 0) is 0 Å². The van der Waals surface area contributed by atoms with E-state index in [1.165, 1.54) is 6.92 Å². The van der Waals surface area contributed by atoms with Crippen molar-refractivity contribution in [3.63, 3.8) is 0 Å². The maximum absolute atomic E-state index is 10.5. The van der Waals surface area contributed by atoms with Gasteiger partial charge in [0.15, 0.2) is 0 Å². The Morgan fingerprint density at radius 2 is 1.94 bits per heavy atom. The van der Waals surface area contributed by atoms with Crippen molar-refractivity contribution >= 4 is 51.3 Å². The largest absolute Gasteiger partial charge is 0.495 e. The third-order valence-electron chi connectivity index (χ3n) is 1.89. The van der Waals surface area contributed by atoms with E-state index in [0.29, 0.717) is 0 Å². The smallest absolute Gasteiger partial charge is 0.243 e. The molecule has 0 radical (unpaired) electrons. The molecule has 1 aromatic rings. The third-order valence-corrected chi connectivity index (χ3v) is 3.49. The van der Waals surface area contributed by atoms with Crippen molar-refractivity contribution in [2.24, 2.45) is 0 Å². The average Bonchev–Trinajstić information content (AvgIpc) is 2.16. The highest BCUT2D eigenvalue weighted by Gasteiger charge is 2.08. The van der Waals surface area contributed by atoms with Crippen LogP contribution in [0.4, 0.5) is 0 Å². The molecule has 0 aliphatic carbocycles. The second kappa shape index (κ2) is 5.80. The maximum Gasteiger partial charge on any atom is 0.243 e. The lowest BCUT2D eigenvalue weighted by Gasteiger charge is -2.06. The number of hydrogen-bond donors (Lipinski definition) is 0. The first-order valence-electron chi connectivity index (χ1n) is 4.31. The molecule has 0 fully saturated rings. The monoisotopic (exact) mass is 445 g/mol. The van der Waals surface area contributed by atoms with Crippen molar-refractivity contribution in [3.8, 4) is 5.75 Å². The number of allylic oxidation sites excluding steroid dienone is 1. The summed E-state index contributed by atoms with van der Waals surface area (Å²) in [5.74, 6) is 0.803. The van der Waals surface area contributed by atoms with Gasteiger partial charge in [-0.05, 0) is 62.9 Å². The van der Waals surface area contributed by atoms with Gasteiger partial charge in [0.2, 0.25) is 5.70 Å². The number of nitro groups is 1. The molecule has 0 spiro atoms. The summed E-state index contributed by atoms with van der Waals surface area (Å²) in [6, 6.07) is 3.71. The Balaban J connectivity index is 3.19. The number of halogens is 2. The van der Waals surface area contributed by atoms with E-state index in [0.717, 1.165) is 18.5 Å². The normalized spacial score (nSPS) is 11.4. The molecule has 0 unspecified atom stereocenters. The van der Waals surface area contributed by atoms with Crippen molar-refractivity contribution in [2.75, 3.05) is 7.11 Å². The molecule has 86 valence electrons. The van der Waals surface area contributed by atoms with E-state index in [2.05, 4.69) is 45.2 Å². The van der Waals surface area contributed by atoms with Gasteiger partial charge < -0.3 is 4.74 Å². The van der Waals surface area contributed by atoms with Gasteiger partial charge in [-0.1, -0.05) is 0 Å². The molecule has 0 atom stereocenters. The first kappa shape index (κ1) is 13.7. The maximum atomic E-state index is 10.5. The van der Waals surface area contributed by atoms with Crippen LogP contribution < -0.4 is 4.74 Å². The zero-order chi connectivity index (χ0) is 12.3. The van der Waals surface area contributed by atoms with Crippen molar-refractivity contribution in [1.29, 1.82) is 0 Å². The van der Waals surface area contributed by atoms with E-state index in [9.17, 15) is 10.1 Å². The molecule has 1 aromatic carbocycles. The highest BCUT2D eigenvalue weighted by atomic mass is 127. The summed E-state index contributed by atoms with van der Waals surface area (Å²) in [5, 5.41) is 10.5. The Morgan fingerprint density at radius 3 is 2.31 bits per heavy atom. The summed E-state index contributed by atoms with van der Waals surface area (Å²) in [6.45, 7) is 1.48. The molecular weight excluding hydrogens is 436 g/mol. The minimum absolute atomic E-state index is 0.122. The highest BCUT2D eigenvalue weighted by molar-refractivity contribution is 14.1. The van der Waals surface area contributed by atoms with Crippen LogP contribution >= 0.6 is 45.2 Å². The Labute approximate surface area is 120 Å². The summed E-state index contributed by atoms with van der Waals surface area (Å²) in [6.07, 6.45) is 1.55. The molecule has 0 aliphatic rings. The Hall–Kier alpha value is -0.380. The second-order valence-electron chi connectivity index (χ2n) is 3.06. The number of nitrogens with zero attached hydrogens (tertiary/aromatic N) is 1. The van der Waals surface area contributed by atoms with Gasteiger partial charge in [-0.25, -0.2) is 0 Å². The third kappa shape index (κ3) is 3.30. The fraction of sp³-hybridized carbons (Fsp3) is 0.200. The molecule has 6 heteroatoms. The summed E-state index contributed by atoms with van der Waals surface area (Å²) in [7, 11) is 1.61. The van der Waals surface area contributed by atoms with E-state index in [1.807, 2.05) is 12.1 Å². The van der Waals surface area contributed by atoms with Crippen LogP contribution in [0.5, 0.6) is 5.75 Å². The van der Waals surface area contributed by atoms with Crippen molar-refractivity contribution < 1.29 is 9.66 Å². The number of rotatable bonds is 3. The van der Waals surface area contributed by atoms with E-state index in [-0.39, 0.29) is 5.70 Å². The predicted molar refractivity (Wildman–Crippen MR) is 79.1 cm³/mol. The Morgan fingerprint density at radius 1 is 1.44 bits per heavy atom. The molecule has 1 rings (SSSR count). The lowest BCUT2D eigenvalue weighted by molar-refractivity contribution is -0.422. The average molecular weight is 445 g/mol. The minimum Gasteiger partial charge on any atom is -0.495 e. The van der Waals surface area contributed by atoms with Crippen LogP contribution in [0.3, 0.4) is 0 Å². The highest BCUT2D eigenvalue weighted by Crippen LogP contribution is 2.29. The number of benzene rings is 1. The van der Waals surface area contributed by atoms with Crippen LogP contribution in [0.1, 0.15) is 12.5 Å². The summed E-state index contributed by atoms with van der Waals surface area (Å²) >= 11 is 4.29. The van der Waals surface area contributed by atoms with Gasteiger partial charge in [-0.3, -0.25) is 10.1 Å². The van der Waals surface area contributed by atoms with Crippen molar-refractivity contribution in [2.45, 2.75) is 6.92 Å². The van der Waals surface area contributed by atoms with Crippen LogP contribution in [0.2, 0.25) is 0 Å². The number of ether oxygens (including phenoxy) is 1. The predicted octanol–water partition coefficient (Wildman–Crippen LogP) is 3.54. The standard InChI is InChI=1S/C10H9I2NO3/c1-6(13(14)15)3-7-4-8(11)10(16-2)9(12)5-7/h3-5H,1-2H3. The van der Waals surface area contributed by atoms with E-state index in [1.54, 1.807) is 13.2 Å². The molecule has 0 aromatic heterocycles. The van der Waals surface area contributed by atoms with Gasteiger partial charge in [0.25, 0.3) is 0 Å². The minimum atomic E-state index is -0.399. The first-order valence-corrected chi connectivity index (χ1v) is 6.47. The van der Waals surface area contributed by atoms with Gasteiger partial charge in [0.1, 0.15) is 5.75 Å². The molecule has 4 nitrogen and oxygen atoms in total. The lowest BCUT2D eigenvalue weighted by Crippen LogP contribution is -1.95.